The molecule has 5 aromatic heterocycles. The number of para-hydroxylation sites is 4. The van der Waals surface area contributed by atoms with E-state index in [0.717, 1.165) is 93.5 Å². The molecule has 0 aliphatic rings. The lowest BCUT2D eigenvalue weighted by Crippen LogP contribution is -1.94. The fourth-order valence-electron chi connectivity index (χ4n) is 9.09. The molecule has 0 saturated heterocycles. The second-order valence-electron chi connectivity index (χ2n) is 14.0. The van der Waals surface area contributed by atoms with Crippen LogP contribution in [0.5, 0.6) is 0 Å². The van der Waals surface area contributed by atoms with Crippen molar-refractivity contribution in [2.45, 2.75) is 0 Å². The predicted molar refractivity (Wildman–Crippen MR) is 223 cm³/mol. The molecule has 53 heavy (non-hydrogen) atoms. The molecule has 8 aromatic carbocycles. The zero-order valence-electron chi connectivity index (χ0n) is 28.1. The van der Waals surface area contributed by atoms with Crippen LogP contribution in [0.15, 0.2) is 167 Å². The first-order chi connectivity index (χ1) is 26.3. The summed E-state index contributed by atoms with van der Waals surface area (Å²) < 4.78 is 21.1. The number of rotatable bonds is 2. The third-order valence-corrected chi connectivity index (χ3v) is 12.5. The highest BCUT2D eigenvalue weighted by atomic mass is 32.1. The smallest absolute Gasteiger partial charge is 0.159 e. The molecule has 0 radical (unpaired) electrons. The third-order valence-electron chi connectivity index (χ3n) is 11.3. The van der Waals surface area contributed by atoms with Crippen LogP contribution < -0.4 is 0 Å². The molecule has 0 saturated carbocycles. The van der Waals surface area contributed by atoms with Crippen molar-refractivity contribution in [3.63, 3.8) is 0 Å². The Morgan fingerprint density at radius 3 is 1.72 bits per heavy atom. The van der Waals surface area contributed by atoms with Gasteiger partial charge in [0.25, 0.3) is 0 Å². The molecule has 0 N–H and O–H groups in total. The highest BCUT2D eigenvalue weighted by Gasteiger charge is 2.24. The largest absolute Gasteiger partial charge is 0.455 e. The monoisotopic (exact) mass is 694 g/mol. The summed E-state index contributed by atoms with van der Waals surface area (Å²) >= 11 is 1.85. The molecule has 0 atom stereocenters. The average Bonchev–Trinajstić information content (AvgIpc) is 4.01. The Balaban J connectivity index is 1.12. The first-order valence-corrected chi connectivity index (χ1v) is 18.7. The van der Waals surface area contributed by atoms with Gasteiger partial charge < -0.3 is 18.0 Å². The van der Waals surface area contributed by atoms with Crippen LogP contribution in [-0.2, 0) is 0 Å². The quantitative estimate of drug-likeness (QED) is 0.181. The van der Waals surface area contributed by atoms with Gasteiger partial charge in [-0.1, -0.05) is 84.9 Å². The van der Waals surface area contributed by atoms with Crippen molar-refractivity contribution in [1.82, 2.24) is 9.13 Å². The number of hydrogen-bond donors (Lipinski definition) is 0. The SMILES string of the molecule is c1ccc2c(c1)oc1c(-n3c4ccccc4c4c5oc6c(ccc7c6c6ccccc6n7-c6ccc7sc8ccccc8c7c6)c5ccc43)cccc12. The maximum atomic E-state index is 7.20. The van der Waals surface area contributed by atoms with E-state index in [1.807, 2.05) is 23.5 Å². The second kappa shape index (κ2) is 9.94. The summed E-state index contributed by atoms with van der Waals surface area (Å²) in [4.78, 5) is 0. The van der Waals surface area contributed by atoms with Crippen molar-refractivity contribution in [2.75, 3.05) is 0 Å². The molecule has 246 valence electrons. The van der Waals surface area contributed by atoms with E-state index in [2.05, 4.69) is 155 Å². The molecule has 13 aromatic rings. The third kappa shape index (κ3) is 3.54. The van der Waals surface area contributed by atoms with E-state index in [-0.39, 0.29) is 0 Å². The van der Waals surface area contributed by atoms with E-state index < -0.39 is 0 Å². The molecule has 13 rings (SSSR count). The van der Waals surface area contributed by atoms with Gasteiger partial charge in [-0.2, -0.15) is 0 Å². The van der Waals surface area contributed by atoms with Gasteiger partial charge in [0.15, 0.2) is 5.58 Å². The highest BCUT2D eigenvalue weighted by Crippen LogP contribution is 2.46. The molecule has 0 aliphatic carbocycles. The van der Waals surface area contributed by atoms with Gasteiger partial charge in [0.2, 0.25) is 0 Å². The van der Waals surface area contributed by atoms with Gasteiger partial charge in [0.1, 0.15) is 16.7 Å². The minimum Gasteiger partial charge on any atom is -0.455 e. The van der Waals surface area contributed by atoms with Crippen molar-refractivity contribution in [3.05, 3.63) is 158 Å². The number of aromatic nitrogens is 2. The Kier molecular flexibility index (Phi) is 5.22. The first-order valence-electron chi connectivity index (χ1n) is 17.9. The topological polar surface area (TPSA) is 36.1 Å². The normalized spacial score (nSPS) is 12.5. The van der Waals surface area contributed by atoms with E-state index in [9.17, 15) is 0 Å². The van der Waals surface area contributed by atoms with E-state index >= 15 is 0 Å². The van der Waals surface area contributed by atoms with E-state index in [1.54, 1.807) is 0 Å². The van der Waals surface area contributed by atoms with E-state index in [4.69, 9.17) is 8.83 Å². The lowest BCUT2D eigenvalue weighted by atomic mass is 10.1. The zero-order chi connectivity index (χ0) is 34.4. The predicted octanol–water partition coefficient (Wildman–Crippen LogP) is 14.0. The van der Waals surface area contributed by atoms with Gasteiger partial charge in [0, 0.05) is 58.2 Å². The van der Waals surface area contributed by atoms with Crippen LogP contribution >= 0.6 is 11.3 Å². The van der Waals surface area contributed by atoms with Gasteiger partial charge in [-0.05, 0) is 72.8 Å². The summed E-state index contributed by atoms with van der Waals surface area (Å²) in [5, 5.41) is 11.6. The summed E-state index contributed by atoms with van der Waals surface area (Å²) in [6.07, 6.45) is 0. The summed E-state index contributed by atoms with van der Waals surface area (Å²) in [6, 6.07) is 56.7. The van der Waals surface area contributed by atoms with Crippen molar-refractivity contribution < 1.29 is 8.83 Å². The summed E-state index contributed by atoms with van der Waals surface area (Å²) in [5.41, 5.74) is 10.2. The number of hydrogen-bond acceptors (Lipinski definition) is 3. The highest BCUT2D eigenvalue weighted by molar-refractivity contribution is 7.25. The van der Waals surface area contributed by atoms with Crippen LogP contribution in [0.25, 0.3) is 119 Å². The van der Waals surface area contributed by atoms with Gasteiger partial charge in [-0.25, -0.2) is 0 Å². The van der Waals surface area contributed by atoms with Crippen LogP contribution in [0.1, 0.15) is 0 Å². The van der Waals surface area contributed by atoms with E-state index in [1.165, 1.54) is 25.6 Å². The molecule has 0 spiro atoms. The van der Waals surface area contributed by atoms with Crippen LogP contribution in [0.3, 0.4) is 0 Å². The molecule has 0 aliphatic heterocycles. The Hall–Kier alpha value is -6.82. The molecule has 5 heterocycles. The number of benzene rings is 8. The number of furan rings is 2. The fourth-order valence-corrected chi connectivity index (χ4v) is 10.2. The van der Waals surface area contributed by atoms with Gasteiger partial charge in [-0.3, -0.25) is 0 Å². The number of nitrogens with zero attached hydrogens (tertiary/aromatic N) is 2. The molecule has 0 fully saturated rings. The molecular formula is C48H26N2O2S. The van der Waals surface area contributed by atoms with Crippen LogP contribution in [0.2, 0.25) is 0 Å². The van der Waals surface area contributed by atoms with Crippen molar-refractivity contribution in [1.29, 1.82) is 0 Å². The maximum Gasteiger partial charge on any atom is 0.159 e. The molecule has 0 bridgehead atoms. The molecule has 5 heteroatoms. The molecule has 0 amide bonds. The Morgan fingerprint density at radius 1 is 0.358 bits per heavy atom. The minimum absolute atomic E-state index is 0.879. The number of thiophene rings is 1. The van der Waals surface area contributed by atoms with Crippen molar-refractivity contribution >= 4 is 119 Å². The summed E-state index contributed by atoms with van der Waals surface area (Å²) in [6.45, 7) is 0. The minimum atomic E-state index is 0.879. The lowest BCUT2D eigenvalue weighted by molar-refractivity contribution is 0.666. The van der Waals surface area contributed by atoms with E-state index in [0.29, 0.717) is 0 Å². The van der Waals surface area contributed by atoms with Gasteiger partial charge >= 0.3 is 0 Å². The zero-order valence-corrected chi connectivity index (χ0v) is 28.9. The van der Waals surface area contributed by atoms with Gasteiger partial charge in [0.05, 0.1) is 38.5 Å². The first kappa shape index (κ1) is 27.8. The van der Waals surface area contributed by atoms with Crippen molar-refractivity contribution in [2.24, 2.45) is 0 Å². The molecule has 0 unspecified atom stereocenters. The Labute approximate surface area is 304 Å². The Morgan fingerprint density at radius 2 is 0.943 bits per heavy atom. The van der Waals surface area contributed by atoms with Gasteiger partial charge in [-0.15, -0.1) is 11.3 Å². The maximum absolute atomic E-state index is 7.20. The van der Waals surface area contributed by atoms with Crippen LogP contribution in [0, 0.1) is 0 Å². The lowest BCUT2D eigenvalue weighted by Gasteiger charge is -2.08. The molecular weight excluding hydrogens is 669 g/mol. The summed E-state index contributed by atoms with van der Waals surface area (Å²) in [5.74, 6) is 0. The average molecular weight is 695 g/mol. The van der Waals surface area contributed by atoms with Crippen LogP contribution in [0.4, 0.5) is 0 Å². The number of fused-ring (bicyclic) bond motifs is 17. The second-order valence-corrected chi connectivity index (χ2v) is 15.1. The standard InChI is InChI=1S/C48H26N2O2S/c1-5-15-36-33(12-1)44-38(49(36)27-20-25-43-35(26-27)29-11-4-8-19-42(29)53-43)23-21-31-32-22-24-39-45(48(32)52-47(31)44)34-13-2-6-16-37(34)50(39)40-17-9-14-30-28-10-3-7-18-41(28)51-46(30)40/h1-26H. The Bertz CT molecular complexity index is 3700. The van der Waals surface area contributed by atoms with Crippen LogP contribution in [-0.4, -0.2) is 9.13 Å². The fraction of sp³-hybridized carbons (Fsp3) is 0. The summed E-state index contributed by atoms with van der Waals surface area (Å²) in [7, 11) is 0. The molecule has 4 nitrogen and oxygen atoms in total. The van der Waals surface area contributed by atoms with Crippen molar-refractivity contribution in [3.8, 4) is 11.4 Å².